The van der Waals surface area contributed by atoms with Gasteiger partial charge in [-0.05, 0) is 55.3 Å². The van der Waals surface area contributed by atoms with Gasteiger partial charge in [0, 0.05) is 26.2 Å². The first-order chi connectivity index (χ1) is 11.0. The fraction of sp³-hybridized carbons (Fsp3) is 0.944. The molecule has 136 valence electrons. The molecule has 0 aromatic carbocycles. The van der Waals surface area contributed by atoms with Crippen LogP contribution in [0, 0.1) is 22.2 Å². The van der Waals surface area contributed by atoms with Gasteiger partial charge in [0.05, 0.1) is 11.7 Å². The molecule has 1 heterocycles. The first-order valence-electron chi connectivity index (χ1n) is 9.27. The van der Waals surface area contributed by atoms with Crippen LogP contribution < -0.4 is 0 Å². The lowest BCUT2D eigenvalue weighted by atomic mass is 9.40. The van der Waals surface area contributed by atoms with Crippen molar-refractivity contribution in [1.82, 2.24) is 9.21 Å². The van der Waals surface area contributed by atoms with E-state index in [-0.39, 0.29) is 5.41 Å². The molecular weight excluding hydrogens is 324 g/mol. The van der Waals surface area contributed by atoms with Crippen LogP contribution >= 0.6 is 0 Å². The van der Waals surface area contributed by atoms with Crippen LogP contribution in [0.4, 0.5) is 0 Å². The molecule has 6 heteroatoms. The molecule has 4 atom stereocenters. The summed E-state index contributed by atoms with van der Waals surface area (Å²) in [7, 11) is -3.14. The molecule has 2 unspecified atom stereocenters. The van der Waals surface area contributed by atoms with E-state index >= 15 is 0 Å². The Labute approximate surface area is 145 Å². The number of hydrogen-bond acceptors (Lipinski definition) is 3. The minimum Gasteiger partial charge on any atom is -0.340 e. The van der Waals surface area contributed by atoms with E-state index in [0.717, 1.165) is 19.3 Å². The Kier molecular flexibility index (Phi) is 3.48. The number of carbonyl (C=O) groups is 1. The van der Waals surface area contributed by atoms with Gasteiger partial charge in [0.2, 0.25) is 15.9 Å². The number of hydrogen-bond donors (Lipinski definition) is 0. The van der Waals surface area contributed by atoms with Crippen LogP contribution in [0.2, 0.25) is 0 Å². The summed E-state index contributed by atoms with van der Waals surface area (Å²) in [5.41, 5.74) is 0.493. The molecule has 24 heavy (non-hydrogen) atoms. The zero-order valence-corrected chi connectivity index (χ0v) is 16.0. The van der Waals surface area contributed by atoms with Crippen molar-refractivity contribution in [2.45, 2.75) is 52.4 Å². The van der Waals surface area contributed by atoms with Gasteiger partial charge in [-0.1, -0.05) is 13.8 Å². The van der Waals surface area contributed by atoms with E-state index in [4.69, 9.17) is 0 Å². The van der Waals surface area contributed by atoms with E-state index in [0.29, 0.717) is 48.8 Å². The predicted octanol–water partition coefficient (Wildman–Crippen LogP) is 2.09. The summed E-state index contributed by atoms with van der Waals surface area (Å²) in [5.74, 6) is 1.02. The Bertz CT molecular complexity index is 648. The molecule has 5 aliphatic rings. The van der Waals surface area contributed by atoms with Crippen molar-refractivity contribution < 1.29 is 13.2 Å². The standard InChI is InChI=1S/C18H30N2O3S/c1-16-8-14-9-17(2,11-16)13-18(10-14,12-16)15(21)19-4-6-20(7-5-19)24(3,22)23/h14H,4-13H2,1-3H3/t14?,16-,17+,18?. The molecular formula is C18H30N2O3S. The highest BCUT2D eigenvalue weighted by atomic mass is 32.2. The van der Waals surface area contributed by atoms with Crippen molar-refractivity contribution in [1.29, 1.82) is 0 Å². The Balaban J connectivity index is 1.53. The molecule has 1 saturated heterocycles. The number of rotatable bonds is 2. The molecule has 0 aromatic rings. The van der Waals surface area contributed by atoms with Crippen molar-refractivity contribution in [2.75, 3.05) is 32.4 Å². The fourth-order valence-electron chi connectivity index (χ4n) is 7.24. The molecule has 4 saturated carbocycles. The molecule has 4 aliphatic carbocycles. The molecule has 4 bridgehead atoms. The lowest BCUT2D eigenvalue weighted by Gasteiger charge is -2.65. The zero-order valence-electron chi connectivity index (χ0n) is 15.2. The molecule has 0 radical (unpaired) electrons. The van der Waals surface area contributed by atoms with Gasteiger partial charge >= 0.3 is 0 Å². The van der Waals surface area contributed by atoms with Crippen molar-refractivity contribution in [3.05, 3.63) is 0 Å². The fourth-order valence-corrected chi connectivity index (χ4v) is 8.07. The minimum absolute atomic E-state index is 0.170. The van der Waals surface area contributed by atoms with Crippen molar-refractivity contribution in [3.63, 3.8) is 0 Å². The molecule has 1 amide bonds. The number of carbonyl (C=O) groups excluding carboxylic acids is 1. The van der Waals surface area contributed by atoms with E-state index < -0.39 is 10.0 Å². The first kappa shape index (κ1) is 16.8. The maximum Gasteiger partial charge on any atom is 0.228 e. The van der Waals surface area contributed by atoms with E-state index in [2.05, 4.69) is 13.8 Å². The summed E-state index contributed by atoms with van der Waals surface area (Å²) in [6, 6.07) is 0. The van der Waals surface area contributed by atoms with E-state index in [1.807, 2.05) is 4.90 Å². The van der Waals surface area contributed by atoms with Gasteiger partial charge in [-0.15, -0.1) is 0 Å². The maximum absolute atomic E-state index is 13.5. The molecule has 0 spiro atoms. The van der Waals surface area contributed by atoms with Crippen LogP contribution in [0.1, 0.15) is 52.4 Å². The summed E-state index contributed by atoms with van der Waals surface area (Å²) >= 11 is 0. The van der Waals surface area contributed by atoms with Crippen LogP contribution in [0.25, 0.3) is 0 Å². The van der Waals surface area contributed by atoms with Crippen LogP contribution in [-0.2, 0) is 14.8 Å². The van der Waals surface area contributed by atoms with Crippen LogP contribution in [0.3, 0.4) is 0 Å². The Morgan fingerprint density at radius 2 is 1.46 bits per heavy atom. The number of nitrogens with zero attached hydrogens (tertiary/aromatic N) is 2. The average Bonchev–Trinajstić information content (AvgIpc) is 2.42. The highest BCUT2D eigenvalue weighted by molar-refractivity contribution is 7.88. The number of amides is 1. The monoisotopic (exact) mass is 354 g/mol. The van der Waals surface area contributed by atoms with Crippen molar-refractivity contribution in [2.24, 2.45) is 22.2 Å². The van der Waals surface area contributed by atoms with Gasteiger partial charge < -0.3 is 4.90 Å². The lowest BCUT2D eigenvalue weighted by molar-refractivity contribution is -0.180. The SMILES string of the molecule is C[C@]12CC3CC(C(=O)N4CCN(S(C)(=O)=O)CC4)(C1)C[C@@](C)(C3)C2. The molecule has 5 rings (SSSR count). The van der Waals surface area contributed by atoms with Crippen molar-refractivity contribution >= 4 is 15.9 Å². The van der Waals surface area contributed by atoms with E-state index in [9.17, 15) is 13.2 Å². The predicted molar refractivity (Wildman–Crippen MR) is 92.8 cm³/mol. The van der Waals surface area contributed by atoms with Crippen LogP contribution in [0.5, 0.6) is 0 Å². The number of piperazine rings is 1. The van der Waals surface area contributed by atoms with Gasteiger partial charge in [0.1, 0.15) is 0 Å². The quantitative estimate of drug-likeness (QED) is 0.763. The minimum atomic E-state index is -3.14. The lowest BCUT2D eigenvalue weighted by Crippen LogP contribution is -2.62. The van der Waals surface area contributed by atoms with Crippen LogP contribution in [-0.4, -0.2) is 56.0 Å². The molecule has 0 aromatic heterocycles. The molecule has 1 aliphatic heterocycles. The van der Waals surface area contributed by atoms with Gasteiger partial charge in [-0.25, -0.2) is 8.42 Å². The van der Waals surface area contributed by atoms with Gasteiger partial charge in [0.25, 0.3) is 0 Å². The summed E-state index contributed by atoms with van der Waals surface area (Å²) in [6.45, 7) is 6.76. The first-order valence-corrected chi connectivity index (χ1v) is 11.1. The normalized spacial score (nSPS) is 45.6. The zero-order chi connectivity index (χ0) is 17.4. The largest absolute Gasteiger partial charge is 0.340 e. The van der Waals surface area contributed by atoms with E-state index in [1.54, 1.807) is 0 Å². The third kappa shape index (κ3) is 2.61. The van der Waals surface area contributed by atoms with E-state index in [1.165, 1.54) is 29.8 Å². The van der Waals surface area contributed by atoms with Gasteiger partial charge in [-0.3, -0.25) is 4.79 Å². The third-order valence-corrected chi connectivity index (χ3v) is 8.38. The highest BCUT2D eigenvalue weighted by Gasteiger charge is 2.63. The van der Waals surface area contributed by atoms with Crippen molar-refractivity contribution in [3.8, 4) is 0 Å². The average molecular weight is 355 g/mol. The number of sulfonamides is 1. The maximum atomic E-state index is 13.5. The summed E-state index contributed by atoms with van der Waals surface area (Å²) in [4.78, 5) is 15.4. The second-order valence-corrected chi connectivity index (χ2v) is 11.8. The second-order valence-electron chi connectivity index (χ2n) is 9.86. The van der Waals surface area contributed by atoms with Gasteiger partial charge in [0.15, 0.2) is 0 Å². The summed E-state index contributed by atoms with van der Waals surface area (Å²) < 4.78 is 24.9. The summed E-state index contributed by atoms with van der Waals surface area (Å²) in [6.07, 6.45) is 8.25. The smallest absolute Gasteiger partial charge is 0.228 e. The molecule has 0 N–H and O–H groups in total. The summed E-state index contributed by atoms with van der Waals surface area (Å²) in [5, 5.41) is 0. The Morgan fingerprint density at radius 3 is 1.92 bits per heavy atom. The molecule has 5 fully saturated rings. The van der Waals surface area contributed by atoms with Crippen LogP contribution in [0.15, 0.2) is 0 Å². The second kappa shape index (κ2) is 4.97. The van der Waals surface area contributed by atoms with Gasteiger partial charge in [-0.2, -0.15) is 4.31 Å². The third-order valence-electron chi connectivity index (χ3n) is 7.07. The topological polar surface area (TPSA) is 57.7 Å². The molecule has 5 nitrogen and oxygen atoms in total. The Hall–Kier alpha value is -0.620. The highest BCUT2D eigenvalue weighted by Crippen LogP contribution is 2.69. The Morgan fingerprint density at radius 1 is 0.917 bits per heavy atom.